The van der Waals surface area contributed by atoms with Crippen LogP contribution in [0.1, 0.15) is 28.3 Å². The highest BCUT2D eigenvalue weighted by atomic mass is 32.2. The summed E-state index contributed by atoms with van der Waals surface area (Å²) in [6.07, 6.45) is 0. The number of hydrogen-bond donors (Lipinski definition) is 2. The molecule has 0 saturated heterocycles. The molecule has 3 aromatic rings. The maximum atomic E-state index is 12.9. The standard InChI is InChI=1S/C19H17FN4O2S2/c1-12(13-5-3-2-4-6-13)21-16(25)11-27-19-24-23-18(28-19)17(26)22-15-9-7-14(20)8-10-15/h2-10,12H,11H2,1H3,(H,21,25)(H,22,26). The molecule has 28 heavy (non-hydrogen) atoms. The van der Waals surface area contributed by atoms with E-state index in [9.17, 15) is 14.0 Å². The molecule has 1 aromatic heterocycles. The minimum atomic E-state index is -0.432. The van der Waals surface area contributed by atoms with Gasteiger partial charge in [-0.05, 0) is 36.8 Å². The van der Waals surface area contributed by atoms with Crippen molar-refractivity contribution in [3.63, 3.8) is 0 Å². The first-order valence-electron chi connectivity index (χ1n) is 8.39. The number of hydrogen-bond acceptors (Lipinski definition) is 6. The van der Waals surface area contributed by atoms with Crippen LogP contribution in [0.3, 0.4) is 0 Å². The highest BCUT2D eigenvalue weighted by Crippen LogP contribution is 2.23. The van der Waals surface area contributed by atoms with Crippen LogP contribution in [0.15, 0.2) is 58.9 Å². The molecule has 1 heterocycles. The Morgan fingerprint density at radius 3 is 2.54 bits per heavy atom. The fraction of sp³-hybridized carbons (Fsp3) is 0.158. The summed E-state index contributed by atoms with van der Waals surface area (Å²) < 4.78 is 13.4. The summed E-state index contributed by atoms with van der Waals surface area (Å²) in [4.78, 5) is 24.3. The second-order valence-electron chi connectivity index (χ2n) is 5.82. The third kappa shape index (κ3) is 5.61. The van der Waals surface area contributed by atoms with Crippen LogP contribution in [-0.2, 0) is 4.79 Å². The molecule has 0 radical (unpaired) electrons. The summed E-state index contributed by atoms with van der Waals surface area (Å²) in [6, 6.07) is 15.0. The first-order valence-corrected chi connectivity index (χ1v) is 10.2. The highest BCUT2D eigenvalue weighted by Gasteiger charge is 2.15. The molecule has 1 atom stereocenters. The van der Waals surface area contributed by atoms with E-state index in [2.05, 4.69) is 20.8 Å². The number of thioether (sulfide) groups is 1. The number of aromatic nitrogens is 2. The fourth-order valence-corrected chi connectivity index (χ4v) is 3.87. The molecular formula is C19H17FN4O2S2. The second-order valence-corrected chi connectivity index (χ2v) is 8.02. The number of carbonyl (C=O) groups is 2. The topological polar surface area (TPSA) is 84.0 Å². The molecule has 0 fully saturated rings. The maximum absolute atomic E-state index is 12.9. The van der Waals surface area contributed by atoms with E-state index in [0.717, 1.165) is 16.9 Å². The average molecular weight is 417 g/mol. The van der Waals surface area contributed by atoms with Crippen molar-refractivity contribution in [1.29, 1.82) is 0 Å². The second kappa shape index (κ2) is 9.43. The quantitative estimate of drug-likeness (QED) is 0.571. The lowest BCUT2D eigenvalue weighted by atomic mass is 10.1. The van der Waals surface area contributed by atoms with Crippen molar-refractivity contribution in [3.8, 4) is 0 Å². The molecule has 2 N–H and O–H groups in total. The third-order valence-corrected chi connectivity index (χ3v) is 5.76. The largest absolute Gasteiger partial charge is 0.349 e. The summed E-state index contributed by atoms with van der Waals surface area (Å²) >= 11 is 2.31. The number of rotatable bonds is 7. The Morgan fingerprint density at radius 1 is 1.11 bits per heavy atom. The Labute approximate surface area is 169 Å². The van der Waals surface area contributed by atoms with Crippen molar-refractivity contribution >= 4 is 40.6 Å². The summed E-state index contributed by atoms with van der Waals surface area (Å²) in [5, 5.41) is 13.5. The van der Waals surface area contributed by atoms with Gasteiger partial charge in [-0.3, -0.25) is 9.59 Å². The Balaban J connectivity index is 1.49. The molecule has 0 aliphatic heterocycles. The van der Waals surface area contributed by atoms with Crippen LogP contribution >= 0.6 is 23.1 Å². The van der Waals surface area contributed by atoms with Crippen LogP contribution in [0.2, 0.25) is 0 Å². The van der Waals surface area contributed by atoms with Gasteiger partial charge in [0.05, 0.1) is 11.8 Å². The van der Waals surface area contributed by atoms with Crippen molar-refractivity contribution < 1.29 is 14.0 Å². The molecular weight excluding hydrogens is 399 g/mol. The van der Waals surface area contributed by atoms with E-state index in [-0.39, 0.29) is 28.5 Å². The number of carbonyl (C=O) groups excluding carboxylic acids is 2. The normalized spacial score (nSPS) is 11.6. The van der Waals surface area contributed by atoms with Gasteiger partial charge in [-0.25, -0.2) is 4.39 Å². The zero-order valence-electron chi connectivity index (χ0n) is 14.9. The number of nitrogens with zero attached hydrogens (tertiary/aromatic N) is 2. The number of benzene rings is 2. The van der Waals surface area contributed by atoms with E-state index >= 15 is 0 Å². The van der Waals surface area contributed by atoms with Crippen molar-refractivity contribution in [2.24, 2.45) is 0 Å². The van der Waals surface area contributed by atoms with E-state index in [1.54, 1.807) is 0 Å². The van der Waals surface area contributed by atoms with Gasteiger partial charge in [0.1, 0.15) is 5.82 Å². The van der Waals surface area contributed by atoms with Crippen molar-refractivity contribution in [1.82, 2.24) is 15.5 Å². The summed E-state index contributed by atoms with van der Waals surface area (Å²) in [6.45, 7) is 1.92. The predicted octanol–water partition coefficient (Wildman–Crippen LogP) is 3.90. The lowest BCUT2D eigenvalue weighted by Crippen LogP contribution is -2.28. The van der Waals surface area contributed by atoms with Gasteiger partial charge >= 0.3 is 0 Å². The van der Waals surface area contributed by atoms with Gasteiger partial charge in [0.2, 0.25) is 10.9 Å². The molecule has 6 nitrogen and oxygen atoms in total. The van der Waals surface area contributed by atoms with E-state index in [0.29, 0.717) is 10.0 Å². The number of nitrogens with one attached hydrogen (secondary N) is 2. The van der Waals surface area contributed by atoms with Crippen molar-refractivity contribution in [2.45, 2.75) is 17.3 Å². The van der Waals surface area contributed by atoms with Gasteiger partial charge in [0, 0.05) is 5.69 Å². The van der Waals surface area contributed by atoms with E-state index in [1.807, 2.05) is 37.3 Å². The van der Waals surface area contributed by atoms with Crippen molar-refractivity contribution in [3.05, 3.63) is 71.0 Å². The predicted molar refractivity (Wildman–Crippen MR) is 108 cm³/mol. The minimum Gasteiger partial charge on any atom is -0.349 e. The molecule has 9 heteroatoms. The van der Waals surface area contributed by atoms with Gasteiger partial charge in [-0.15, -0.1) is 10.2 Å². The summed E-state index contributed by atoms with van der Waals surface area (Å²) in [5.74, 6) is -0.773. The number of anilines is 1. The lowest BCUT2D eigenvalue weighted by molar-refractivity contribution is -0.119. The monoisotopic (exact) mass is 416 g/mol. The smallest absolute Gasteiger partial charge is 0.286 e. The fourth-order valence-electron chi connectivity index (χ4n) is 2.31. The Kier molecular flexibility index (Phi) is 6.72. The van der Waals surface area contributed by atoms with E-state index in [4.69, 9.17) is 0 Å². The molecule has 0 bridgehead atoms. The van der Waals surface area contributed by atoms with Gasteiger partial charge < -0.3 is 10.6 Å². The number of amides is 2. The van der Waals surface area contributed by atoms with Gasteiger partial charge in [-0.2, -0.15) is 0 Å². The third-order valence-electron chi connectivity index (χ3n) is 3.71. The molecule has 2 aromatic carbocycles. The zero-order chi connectivity index (χ0) is 19.9. The van der Waals surface area contributed by atoms with Crippen molar-refractivity contribution in [2.75, 3.05) is 11.1 Å². The first-order chi connectivity index (χ1) is 13.5. The molecule has 1 unspecified atom stereocenters. The molecule has 0 aliphatic rings. The molecule has 0 spiro atoms. The average Bonchev–Trinajstić information content (AvgIpc) is 3.18. The minimum absolute atomic E-state index is 0.0965. The van der Waals surface area contributed by atoms with Crippen LogP contribution in [-0.4, -0.2) is 27.8 Å². The SMILES string of the molecule is CC(NC(=O)CSc1nnc(C(=O)Nc2ccc(F)cc2)s1)c1ccccc1. The van der Waals surface area contributed by atoms with Crippen LogP contribution in [0.4, 0.5) is 10.1 Å². The lowest BCUT2D eigenvalue weighted by Gasteiger charge is -2.13. The van der Waals surface area contributed by atoms with Crippen LogP contribution < -0.4 is 10.6 Å². The Bertz CT molecular complexity index is 948. The zero-order valence-corrected chi connectivity index (χ0v) is 16.5. The molecule has 3 rings (SSSR count). The summed E-state index contributed by atoms with van der Waals surface area (Å²) in [5.41, 5.74) is 1.49. The molecule has 0 aliphatic carbocycles. The highest BCUT2D eigenvalue weighted by molar-refractivity contribution is 8.01. The van der Waals surface area contributed by atoms with Gasteiger partial charge in [0.25, 0.3) is 5.91 Å². The maximum Gasteiger partial charge on any atom is 0.286 e. The number of halogens is 1. The summed E-state index contributed by atoms with van der Waals surface area (Å²) in [7, 11) is 0. The van der Waals surface area contributed by atoms with Crippen LogP contribution in [0, 0.1) is 5.82 Å². The molecule has 0 saturated carbocycles. The Hall–Kier alpha value is -2.78. The van der Waals surface area contributed by atoms with E-state index in [1.165, 1.54) is 36.0 Å². The van der Waals surface area contributed by atoms with E-state index < -0.39 is 5.91 Å². The van der Waals surface area contributed by atoms with Gasteiger partial charge in [0.15, 0.2) is 4.34 Å². The molecule has 2 amide bonds. The molecule has 144 valence electrons. The first kappa shape index (κ1) is 20.0. The van der Waals surface area contributed by atoms with Crippen LogP contribution in [0.25, 0.3) is 0 Å². The Morgan fingerprint density at radius 2 is 1.82 bits per heavy atom. The van der Waals surface area contributed by atoms with Crippen LogP contribution in [0.5, 0.6) is 0 Å². The van der Waals surface area contributed by atoms with Gasteiger partial charge in [-0.1, -0.05) is 53.4 Å².